The number of benzene rings is 3. The van der Waals surface area contributed by atoms with Crippen molar-refractivity contribution in [2.75, 3.05) is 11.9 Å². The second-order valence-electron chi connectivity index (χ2n) is 11.4. The van der Waals surface area contributed by atoms with Gasteiger partial charge in [-0.25, -0.2) is 15.0 Å². The third-order valence-electron chi connectivity index (χ3n) is 8.18. The van der Waals surface area contributed by atoms with Gasteiger partial charge in [-0.3, -0.25) is 4.57 Å². The Kier molecular flexibility index (Phi) is 7.63. The first-order valence-electron chi connectivity index (χ1n) is 14.7. The normalized spacial score (nSPS) is 25.5. The van der Waals surface area contributed by atoms with E-state index in [1.165, 1.54) is 5.56 Å². The van der Waals surface area contributed by atoms with Crippen LogP contribution in [-0.4, -0.2) is 50.5 Å². The summed E-state index contributed by atoms with van der Waals surface area (Å²) in [4.78, 5) is 13.9. The molecule has 1 N–H and O–H groups in total. The molecule has 7 rings (SSSR count). The molecule has 3 aromatic carbocycles. The fraction of sp³-hybridized carbons (Fsp3) is 0.324. The zero-order valence-electron chi connectivity index (χ0n) is 24.2. The molecule has 2 aliphatic rings. The second kappa shape index (κ2) is 11.9. The first kappa shape index (κ1) is 27.7. The highest BCUT2D eigenvalue weighted by atomic mass is 16.8. The van der Waals surface area contributed by atoms with E-state index < -0.39 is 18.1 Å². The molecular formula is C34H35N5O4. The van der Waals surface area contributed by atoms with Crippen LogP contribution in [-0.2, 0) is 37.7 Å². The maximum atomic E-state index is 6.76. The standard InChI is InChI=1S/C34H35N5O4/c1-23(18-24-12-6-3-7-13-24)38-31-28-32(36-21-35-31)39(22-37-28)34(2)30-29(41-33(42-30)26-16-10-5-11-17-26)27(43-34)20-40-19-25-14-8-4-9-15-25/h3-17,21-23,27,29-30,33H,18-20H2,1-2H3,(H,35,36,38)/t23-,27-,29-,30-,33?,34-/m1/s1. The molecule has 9 heteroatoms. The summed E-state index contributed by atoms with van der Waals surface area (Å²) in [6, 6.07) is 30.6. The summed E-state index contributed by atoms with van der Waals surface area (Å²) >= 11 is 0. The minimum Gasteiger partial charge on any atom is -0.374 e. The van der Waals surface area contributed by atoms with Gasteiger partial charge in [-0.2, -0.15) is 0 Å². The monoisotopic (exact) mass is 577 g/mol. The van der Waals surface area contributed by atoms with Crippen molar-refractivity contribution in [2.24, 2.45) is 0 Å². The van der Waals surface area contributed by atoms with Crippen LogP contribution < -0.4 is 5.32 Å². The lowest BCUT2D eigenvalue weighted by molar-refractivity contribution is -0.198. The molecule has 220 valence electrons. The van der Waals surface area contributed by atoms with Gasteiger partial charge >= 0.3 is 0 Å². The highest BCUT2D eigenvalue weighted by Gasteiger charge is 2.60. The zero-order chi connectivity index (χ0) is 29.2. The minimum absolute atomic E-state index is 0.137. The predicted molar refractivity (Wildman–Crippen MR) is 162 cm³/mol. The largest absolute Gasteiger partial charge is 0.374 e. The van der Waals surface area contributed by atoms with Gasteiger partial charge in [0.15, 0.2) is 29.0 Å². The Morgan fingerprint density at radius 3 is 2.33 bits per heavy atom. The Labute approximate surface area is 250 Å². The van der Waals surface area contributed by atoms with Gasteiger partial charge in [0, 0.05) is 11.6 Å². The van der Waals surface area contributed by atoms with Crippen LogP contribution in [0.2, 0.25) is 0 Å². The number of nitrogens with one attached hydrogen (secondary N) is 1. The topological polar surface area (TPSA) is 92.6 Å². The maximum Gasteiger partial charge on any atom is 0.185 e. The molecule has 0 aliphatic carbocycles. The molecule has 2 aliphatic heterocycles. The number of hydrogen-bond acceptors (Lipinski definition) is 8. The van der Waals surface area contributed by atoms with E-state index in [1.807, 2.05) is 78.2 Å². The van der Waals surface area contributed by atoms with Crippen LogP contribution in [0.4, 0.5) is 5.82 Å². The van der Waals surface area contributed by atoms with Crippen molar-refractivity contribution in [3.8, 4) is 0 Å². The molecule has 0 spiro atoms. The smallest absolute Gasteiger partial charge is 0.185 e. The maximum absolute atomic E-state index is 6.76. The molecule has 2 saturated heterocycles. The number of ether oxygens (including phenoxy) is 4. The van der Waals surface area contributed by atoms with Crippen LogP contribution in [0.25, 0.3) is 11.2 Å². The molecule has 4 heterocycles. The van der Waals surface area contributed by atoms with E-state index in [1.54, 1.807) is 12.7 Å². The Hall–Kier alpha value is -4.15. The van der Waals surface area contributed by atoms with Gasteiger partial charge in [0.1, 0.15) is 24.6 Å². The third-order valence-corrected chi connectivity index (χ3v) is 8.18. The lowest BCUT2D eigenvalue weighted by Crippen LogP contribution is -2.42. The average molecular weight is 578 g/mol. The summed E-state index contributed by atoms with van der Waals surface area (Å²) in [5.74, 6) is 0.679. The van der Waals surface area contributed by atoms with E-state index in [4.69, 9.17) is 23.9 Å². The number of anilines is 1. The van der Waals surface area contributed by atoms with Gasteiger partial charge in [-0.15, -0.1) is 0 Å². The summed E-state index contributed by atoms with van der Waals surface area (Å²) in [5.41, 5.74) is 3.69. The van der Waals surface area contributed by atoms with E-state index in [0.29, 0.717) is 30.2 Å². The molecule has 5 aromatic rings. The molecule has 0 amide bonds. The summed E-state index contributed by atoms with van der Waals surface area (Å²) in [6.45, 7) is 4.97. The van der Waals surface area contributed by atoms with E-state index in [0.717, 1.165) is 17.5 Å². The van der Waals surface area contributed by atoms with Gasteiger partial charge in [0.05, 0.1) is 19.5 Å². The number of fused-ring (bicyclic) bond motifs is 2. The first-order chi connectivity index (χ1) is 21.1. The fourth-order valence-electron chi connectivity index (χ4n) is 6.09. The van der Waals surface area contributed by atoms with Crippen LogP contribution in [0.1, 0.15) is 36.8 Å². The number of imidazole rings is 1. The fourth-order valence-corrected chi connectivity index (χ4v) is 6.09. The second-order valence-corrected chi connectivity index (χ2v) is 11.4. The van der Waals surface area contributed by atoms with Crippen molar-refractivity contribution in [2.45, 2.75) is 63.2 Å². The SMILES string of the molecule is C[C@H](Cc1ccccc1)Nc1ncnc2c1ncn2[C@]1(C)O[C@H](COCc2ccccc2)[C@H]2OC(c3ccccc3)O[C@H]21. The Morgan fingerprint density at radius 2 is 1.58 bits per heavy atom. The van der Waals surface area contributed by atoms with Gasteiger partial charge < -0.3 is 24.3 Å². The van der Waals surface area contributed by atoms with Crippen molar-refractivity contribution in [3.05, 3.63) is 120 Å². The van der Waals surface area contributed by atoms with Crippen LogP contribution in [0.5, 0.6) is 0 Å². The minimum atomic E-state index is -0.953. The van der Waals surface area contributed by atoms with Crippen molar-refractivity contribution >= 4 is 17.0 Å². The van der Waals surface area contributed by atoms with Crippen LogP contribution in [0, 0.1) is 0 Å². The molecule has 0 bridgehead atoms. The summed E-state index contributed by atoms with van der Waals surface area (Å²) in [7, 11) is 0. The number of rotatable bonds is 10. The lowest BCUT2D eigenvalue weighted by Gasteiger charge is -2.31. The van der Waals surface area contributed by atoms with Crippen molar-refractivity contribution in [3.63, 3.8) is 0 Å². The van der Waals surface area contributed by atoms with Crippen molar-refractivity contribution < 1.29 is 18.9 Å². The van der Waals surface area contributed by atoms with Crippen molar-refractivity contribution in [1.29, 1.82) is 0 Å². The summed E-state index contributed by atoms with van der Waals surface area (Å²) in [5, 5.41) is 3.53. The number of aromatic nitrogens is 4. The zero-order valence-corrected chi connectivity index (χ0v) is 24.2. The molecule has 9 nitrogen and oxygen atoms in total. The highest BCUT2D eigenvalue weighted by molar-refractivity contribution is 5.83. The summed E-state index contributed by atoms with van der Waals surface area (Å²) in [6.07, 6.45) is 2.52. The van der Waals surface area contributed by atoms with Gasteiger partial charge in [0.25, 0.3) is 0 Å². The molecule has 2 aromatic heterocycles. The third kappa shape index (κ3) is 5.52. The molecule has 1 unspecified atom stereocenters. The Balaban J connectivity index is 1.16. The molecule has 43 heavy (non-hydrogen) atoms. The van der Waals surface area contributed by atoms with Crippen LogP contribution in [0.15, 0.2) is 104 Å². The number of hydrogen-bond donors (Lipinski definition) is 1. The van der Waals surface area contributed by atoms with Crippen LogP contribution >= 0.6 is 0 Å². The molecule has 6 atom stereocenters. The van der Waals surface area contributed by atoms with E-state index >= 15 is 0 Å². The van der Waals surface area contributed by atoms with Crippen molar-refractivity contribution in [1.82, 2.24) is 19.5 Å². The quantitative estimate of drug-likeness (QED) is 0.228. The van der Waals surface area contributed by atoms with E-state index in [-0.39, 0.29) is 18.2 Å². The molecule has 2 fully saturated rings. The van der Waals surface area contributed by atoms with Gasteiger partial charge in [0.2, 0.25) is 0 Å². The summed E-state index contributed by atoms with van der Waals surface area (Å²) < 4.78 is 28.0. The molecule has 0 saturated carbocycles. The molecule has 0 radical (unpaired) electrons. The lowest BCUT2D eigenvalue weighted by atomic mass is 10.0. The predicted octanol–water partition coefficient (Wildman–Crippen LogP) is 5.64. The van der Waals surface area contributed by atoms with E-state index in [9.17, 15) is 0 Å². The van der Waals surface area contributed by atoms with Gasteiger partial charge in [-0.1, -0.05) is 91.0 Å². The van der Waals surface area contributed by atoms with Crippen LogP contribution in [0.3, 0.4) is 0 Å². The highest BCUT2D eigenvalue weighted by Crippen LogP contribution is 2.48. The first-order valence-corrected chi connectivity index (χ1v) is 14.7. The Morgan fingerprint density at radius 1 is 0.884 bits per heavy atom. The number of nitrogens with zero attached hydrogens (tertiary/aromatic N) is 4. The van der Waals surface area contributed by atoms with E-state index in [2.05, 4.69) is 46.5 Å². The average Bonchev–Trinajstić information content (AvgIpc) is 3.74. The van der Waals surface area contributed by atoms with Gasteiger partial charge in [-0.05, 0) is 31.4 Å². The molecular weight excluding hydrogens is 542 g/mol. The Bertz CT molecular complexity index is 1650.